The van der Waals surface area contributed by atoms with Crippen molar-refractivity contribution in [3.8, 4) is 33.8 Å². The molecule has 0 bridgehead atoms. The van der Waals surface area contributed by atoms with E-state index >= 15 is 0 Å². The number of aromatic nitrogens is 5. The van der Waals surface area contributed by atoms with Gasteiger partial charge in [-0.05, 0) is 49.5 Å². The summed E-state index contributed by atoms with van der Waals surface area (Å²) in [6.07, 6.45) is 6.97. The summed E-state index contributed by atoms with van der Waals surface area (Å²) in [5, 5.41) is 0.826. The second-order valence-corrected chi connectivity index (χ2v) is 8.89. The predicted molar refractivity (Wildman–Crippen MR) is 139 cm³/mol. The third-order valence-corrected chi connectivity index (χ3v) is 6.52. The van der Waals surface area contributed by atoms with E-state index in [-0.39, 0.29) is 5.82 Å². The van der Waals surface area contributed by atoms with Crippen molar-refractivity contribution in [3.63, 3.8) is 0 Å². The third-order valence-electron chi connectivity index (χ3n) is 6.52. The number of nitrogens with zero attached hydrogens (tertiary/aromatic N) is 7. The van der Waals surface area contributed by atoms with Gasteiger partial charge in [0.1, 0.15) is 11.6 Å². The van der Waals surface area contributed by atoms with Gasteiger partial charge in [-0.2, -0.15) is 0 Å². The number of fused-ring (bicyclic) bond motifs is 1. The standard InChI is InChI=1S/C28H24FN7/c1-35-11-13-36(14-12-35)27-9-8-19(16-32-27)25-17-30-18-26(33-25)22-15-24(21-5-2-3-7-23(21)29)34-28-20(22)6-4-10-31-28/h2-10,15-18H,11-14H2,1H3. The van der Waals surface area contributed by atoms with Crippen LogP contribution in [-0.2, 0) is 0 Å². The van der Waals surface area contributed by atoms with Crippen LogP contribution in [0.5, 0.6) is 0 Å². The lowest BCUT2D eigenvalue weighted by Gasteiger charge is -2.33. The Balaban J connectivity index is 1.39. The van der Waals surface area contributed by atoms with Crippen LogP contribution >= 0.6 is 0 Å². The SMILES string of the molecule is CN1CCN(c2ccc(-c3cncc(-c4cc(-c5ccccc5F)nc5ncccc45)n3)cn2)CC1. The lowest BCUT2D eigenvalue weighted by atomic mass is 10.0. The minimum absolute atomic E-state index is 0.336. The fraction of sp³-hybridized carbons (Fsp3) is 0.179. The van der Waals surface area contributed by atoms with Crippen molar-refractivity contribution in [2.24, 2.45) is 0 Å². The predicted octanol–water partition coefficient (Wildman–Crippen LogP) is 4.71. The fourth-order valence-electron chi connectivity index (χ4n) is 4.47. The Bertz CT molecular complexity index is 1530. The third kappa shape index (κ3) is 4.27. The van der Waals surface area contributed by atoms with Crippen LogP contribution in [-0.4, -0.2) is 63.0 Å². The van der Waals surface area contributed by atoms with Gasteiger partial charge < -0.3 is 9.80 Å². The molecule has 1 fully saturated rings. The van der Waals surface area contributed by atoms with E-state index in [9.17, 15) is 4.39 Å². The van der Waals surface area contributed by atoms with Gasteiger partial charge in [0.15, 0.2) is 5.65 Å². The molecule has 36 heavy (non-hydrogen) atoms. The van der Waals surface area contributed by atoms with Crippen LogP contribution < -0.4 is 4.90 Å². The summed E-state index contributed by atoms with van der Waals surface area (Å²) in [6.45, 7) is 3.98. The molecule has 0 saturated carbocycles. The van der Waals surface area contributed by atoms with Crippen LogP contribution in [0.3, 0.4) is 0 Å². The largest absolute Gasteiger partial charge is 0.354 e. The molecule has 5 aromatic rings. The molecule has 6 rings (SSSR count). The Kier molecular flexibility index (Phi) is 5.79. The minimum atomic E-state index is -0.336. The Morgan fingerprint density at radius 1 is 0.750 bits per heavy atom. The van der Waals surface area contributed by atoms with Gasteiger partial charge in [0.05, 0.1) is 29.5 Å². The molecule has 0 spiro atoms. The molecule has 8 heteroatoms. The lowest BCUT2D eigenvalue weighted by molar-refractivity contribution is 0.312. The number of halogens is 1. The summed E-state index contributed by atoms with van der Waals surface area (Å²) in [5.74, 6) is 0.634. The first-order valence-corrected chi connectivity index (χ1v) is 11.9. The van der Waals surface area contributed by atoms with Crippen molar-refractivity contribution in [1.29, 1.82) is 0 Å². The molecule has 0 amide bonds. The molecule has 1 aromatic carbocycles. The van der Waals surface area contributed by atoms with E-state index in [1.54, 1.807) is 36.8 Å². The van der Waals surface area contributed by atoms with Gasteiger partial charge in [-0.25, -0.2) is 24.3 Å². The zero-order valence-corrected chi connectivity index (χ0v) is 19.8. The van der Waals surface area contributed by atoms with Crippen molar-refractivity contribution in [2.45, 2.75) is 0 Å². The van der Waals surface area contributed by atoms with E-state index in [0.717, 1.165) is 48.5 Å². The van der Waals surface area contributed by atoms with Crippen LogP contribution in [0, 0.1) is 5.82 Å². The topological polar surface area (TPSA) is 70.9 Å². The molecule has 7 nitrogen and oxygen atoms in total. The van der Waals surface area contributed by atoms with Gasteiger partial charge >= 0.3 is 0 Å². The quantitative estimate of drug-likeness (QED) is 0.371. The number of likely N-dealkylation sites (N-methyl/N-ethyl adjacent to an activating group) is 1. The first-order chi connectivity index (χ1) is 17.7. The highest BCUT2D eigenvalue weighted by atomic mass is 19.1. The van der Waals surface area contributed by atoms with Crippen LogP contribution in [0.1, 0.15) is 0 Å². The summed E-state index contributed by atoms with van der Waals surface area (Å²) in [7, 11) is 2.14. The van der Waals surface area contributed by atoms with Crippen molar-refractivity contribution < 1.29 is 4.39 Å². The van der Waals surface area contributed by atoms with Gasteiger partial charge in [0.25, 0.3) is 0 Å². The Morgan fingerprint density at radius 2 is 1.58 bits per heavy atom. The van der Waals surface area contributed by atoms with E-state index < -0.39 is 0 Å². The van der Waals surface area contributed by atoms with E-state index in [2.05, 4.69) is 31.8 Å². The summed E-state index contributed by atoms with van der Waals surface area (Å²) < 4.78 is 14.6. The minimum Gasteiger partial charge on any atom is -0.354 e. The smallest absolute Gasteiger partial charge is 0.160 e. The molecule has 0 radical (unpaired) electrons. The molecule has 1 aliphatic rings. The van der Waals surface area contributed by atoms with Crippen molar-refractivity contribution in [2.75, 3.05) is 38.1 Å². The number of anilines is 1. The number of piperazine rings is 1. The zero-order chi connectivity index (χ0) is 24.5. The molecule has 1 saturated heterocycles. The van der Waals surface area contributed by atoms with Gasteiger partial charge in [0, 0.05) is 60.6 Å². The van der Waals surface area contributed by atoms with E-state index in [1.807, 2.05) is 36.5 Å². The second-order valence-electron chi connectivity index (χ2n) is 8.89. The maximum Gasteiger partial charge on any atom is 0.160 e. The molecule has 178 valence electrons. The molecule has 0 aliphatic carbocycles. The number of benzene rings is 1. The molecule has 4 aromatic heterocycles. The highest BCUT2D eigenvalue weighted by molar-refractivity contribution is 5.94. The van der Waals surface area contributed by atoms with Crippen LogP contribution in [0.15, 0.2) is 79.4 Å². The molecule has 5 heterocycles. The van der Waals surface area contributed by atoms with Crippen molar-refractivity contribution in [1.82, 2.24) is 29.8 Å². The van der Waals surface area contributed by atoms with Crippen LogP contribution in [0.2, 0.25) is 0 Å². The molecule has 0 N–H and O–H groups in total. The number of pyridine rings is 3. The van der Waals surface area contributed by atoms with E-state index in [0.29, 0.717) is 28.3 Å². The second kappa shape index (κ2) is 9.39. The van der Waals surface area contributed by atoms with Gasteiger partial charge in [-0.15, -0.1) is 0 Å². The monoisotopic (exact) mass is 477 g/mol. The Labute approximate surface area is 208 Å². The summed E-state index contributed by atoms with van der Waals surface area (Å²) in [5.41, 5.74) is 4.49. The zero-order valence-electron chi connectivity index (χ0n) is 19.8. The Morgan fingerprint density at radius 3 is 2.39 bits per heavy atom. The lowest BCUT2D eigenvalue weighted by Crippen LogP contribution is -2.44. The first-order valence-electron chi connectivity index (χ1n) is 11.9. The first kappa shape index (κ1) is 22.2. The average Bonchev–Trinajstić information content (AvgIpc) is 2.93. The van der Waals surface area contributed by atoms with Crippen LogP contribution in [0.25, 0.3) is 44.8 Å². The molecular formula is C28H24FN7. The van der Waals surface area contributed by atoms with E-state index in [1.165, 1.54) is 6.07 Å². The maximum atomic E-state index is 14.6. The fourth-order valence-corrected chi connectivity index (χ4v) is 4.47. The van der Waals surface area contributed by atoms with Crippen molar-refractivity contribution in [3.05, 3.63) is 85.2 Å². The van der Waals surface area contributed by atoms with Gasteiger partial charge in [0.2, 0.25) is 0 Å². The van der Waals surface area contributed by atoms with E-state index in [4.69, 9.17) is 9.97 Å². The van der Waals surface area contributed by atoms with Crippen LogP contribution in [0.4, 0.5) is 10.2 Å². The van der Waals surface area contributed by atoms with Gasteiger partial charge in [-0.1, -0.05) is 12.1 Å². The molecule has 0 unspecified atom stereocenters. The van der Waals surface area contributed by atoms with Gasteiger partial charge in [-0.3, -0.25) is 4.98 Å². The average molecular weight is 478 g/mol. The summed E-state index contributed by atoms with van der Waals surface area (Å²) in [4.78, 5) is 27.7. The molecule has 1 aliphatic heterocycles. The highest BCUT2D eigenvalue weighted by Gasteiger charge is 2.17. The number of hydrogen-bond acceptors (Lipinski definition) is 7. The number of rotatable bonds is 4. The van der Waals surface area contributed by atoms with Crippen molar-refractivity contribution >= 4 is 16.9 Å². The molecule has 0 atom stereocenters. The Hall–Kier alpha value is -4.30. The summed E-state index contributed by atoms with van der Waals surface area (Å²) in [6, 6.07) is 16.3. The highest BCUT2D eigenvalue weighted by Crippen LogP contribution is 2.32. The molecular weight excluding hydrogens is 453 g/mol. The maximum absolute atomic E-state index is 14.6. The number of hydrogen-bond donors (Lipinski definition) is 0. The summed E-state index contributed by atoms with van der Waals surface area (Å²) >= 11 is 0. The normalized spacial score (nSPS) is 14.3.